The van der Waals surface area contributed by atoms with Crippen LogP contribution < -0.4 is 5.32 Å². The number of aromatic nitrogens is 5. The first-order valence-corrected chi connectivity index (χ1v) is 6.46. The molecule has 0 aliphatic rings. The standard InChI is InChI=1S/C13H16N6/c1-2-3-6-15-12-11(10-4-7-14-8-5-10)18-13-16-9-17-19(12)13/h4-5,7-9,15H,2-3,6H2,1H3,(H,16,17,18). The van der Waals surface area contributed by atoms with Crippen molar-refractivity contribution in [3.63, 3.8) is 0 Å². The van der Waals surface area contributed by atoms with Crippen LogP contribution in [0.2, 0.25) is 0 Å². The van der Waals surface area contributed by atoms with E-state index in [0.717, 1.165) is 36.5 Å². The van der Waals surface area contributed by atoms with Crippen molar-refractivity contribution in [1.82, 2.24) is 24.6 Å². The Balaban J connectivity index is 2.02. The number of unbranched alkanes of at least 4 members (excludes halogenated alkanes) is 1. The summed E-state index contributed by atoms with van der Waals surface area (Å²) in [5.74, 6) is 1.62. The van der Waals surface area contributed by atoms with Gasteiger partial charge in [0.15, 0.2) is 5.82 Å². The molecule has 98 valence electrons. The van der Waals surface area contributed by atoms with E-state index in [4.69, 9.17) is 0 Å². The van der Waals surface area contributed by atoms with Gasteiger partial charge in [-0.1, -0.05) is 13.3 Å². The largest absolute Gasteiger partial charge is 0.368 e. The Hall–Kier alpha value is -2.37. The van der Waals surface area contributed by atoms with Gasteiger partial charge in [0.05, 0.1) is 0 Å². The molecule has 3 aromatic heterocycles. The highest BCUT2D eigenvalue weighted by molar-refractivity contribution is 5.74. The molecule has 6 nitrogen and oxygen atoms in total. The first-order valence-electron chi connectivity index (χ1n) is 6.46. The third kappa shape index (κ3) is 2.16. The van der Waals surface area contributed by atoms with Crippen molar-refractivity contribution in [3.8, 4) is 11.3 Å². The van der Waals surface area contributed by atoms with Crippen molar-refractivity contribution in [2.24, 2.45) is 0 Å². The van der Waals surface area contributed by atoms with Gasteiger partial charge in [0.1, 0.15) is 12.0 Å². The minimum absolute atomic E-state index is 0.672. The maximum Gasteiger partial charge on any atom is 0.252 e. The minimum Gasteiger partial charge on any atom is -0.368 e. The van der Waals surface area contributed by atoms with Crippen LogP contribution in [0.3, 0.4) is 0 Å². The smallest absolute Gasteiger partial charge is 0.252 e. The molecule has 3 aromatic rings. The van der Waals surface area contributed by atoms with Gasteiger partial charge in [0.25, 0.3) is 5.78 Å². The summed E-state index contributed by atoms with van der Waals surface area (Å²) in [6.07, 6.45) is 7.46. The average Bonchev–Trinajstić information content (AvgIpc) is 3.02. The molecule has 0 spiro atoms. The molecule has 0 amide bonds. The molecule has 0 aliphatic heterocycles. The van der Waals surface area contributed by atoms with Gasteiger partial charge in [0.2, 0.25) is 0 Å². The quantitative estimate of drug-likeness (QED) is 0.687. The van der Waals surface area contributed by atoms with Crippen LogP contribution in [0, 0.1) is 0 Å². The molecule has 19 heavy (non-hydrogen) atoms. The number of pyridine rings is 1. The Bertz CT molecular complexity index is 654. The number of H-pyrrole nitrogens is 1. The Morgan fingerprint density at radius 3 is 2.95 bits per heavy atom. The monoisotopic (exact) mass is 256 g/mol. The topological polar surface area (TPSA) is 70.9 Å². The molecule has 0 bridgehead atoms. The van der Waals surface area contributed by atoms with E-state index in [0.29, 0.717) is 5.78 Å². The van der Waals surface area contributed by atoms with Gasteiger partial charge in [-0.25, -0.2) is 14.5 Å². The average molecular weight is 256 g/mol. The van der Waals surface area contributed by atoms with Gasteiger partial charge < -0.3 is 5.32 Å². The van der Waals surface area contributed by atoms with Gasteiger partial charge in [-0.3, -0.25) is 10.1 Å². The van der Waals surface area contributed by atoms with Crippen molar-refractivity contribution < 1.29 is 0 Å². The van der Waals surface area contributed by atoms with E-state index in [-0.39, 0.29) is 0 Å². The summed E-state index contributed by atoms with van der Waals surface area (Å²) in [6.45, 7) is 3.09. The first-order chi connectivity index (χ1) is 9.40. The zero-order chi connectivity index (χ0) is 13.1. The number of imidazole rings is 1. The van der Waals surface area contributed by atoms with Crippen molar-refractivity contribution in [2.45, 2.75) is 19.8 Å². The highest BCUT2D eigenvalue weighted by atomic mass is 15.4. The van der Waals surface area contributed by atoms with Crippen LogP contribution in [0.25, 0.3) is 17.0 Å². The summed E-state index contributed by atoms with van der Waals surface area (Å²) in [5.41, 5.74) is 1.94. The second kappa shape index (κ2) is 5.09. The summed E-state index contributed by atoms with van der Waals surface area (Å²) < 4.78 is 1.87. The van der Waals surface area contributed by atoms with Crippen LogP contribution in [0.15, 0.2) is 30.9 Å². The number of nitrogens with zero attached hydrogens (tertiary/aromatic N) is 4. The van der Waals surface area contributed by atoms with Gasteiger partial charge in [-0.05, 0) is 18.6 Å². The van der Waals surface area contributed by atoms with E-state index in [9.17, 15) is 0 Å². The predicted molar refractivity (Wildman–Crippen MR) is 74.0 cm³/mol. The molecule has 0 unspecified atom stereocenters. The van der Waals surface area contributed by atoms with Crippen LogP contribution >= 0.6 is 0 Å². The number of rotatable bonds is 5. The van der Waals surface area contributed by atoms with Crippen LogP contribution in [0.1, 0.15) is 19.8 Å². The summed E-state index contributed by atoms with van der Waals surface area (Å²) in [7, 11) is 0. The Morgan fingerprint density at radius 1 is 1.32 bits per heavy atom. The second-order valence-electron chi connectivity index (χ2n) is 4.35. The lowest BCUT2D eigenvalue weighted by atomic mass is 10.2. The highest BCUT2D eigenvalue weighted by Crippen LogP contribution is 2.27. The summed E-state index contributed by atoms with van der Waals surface area (Å²) in [4.78, 5) is 12.8. The summed E-state index contributed by atoms with van der Waals surface area (Å²) >= 11 is 0. The number of aromatic amines is 1. The Labute approximate surface area is 110 Å². The lowest BCUT2D eigenvalue weighted by Crippen LogP contribution is -2.05. The summed E-state index contributed by atoms with van der Waals surface area (Å²) in [6, 6.07) is 3.90. The molecule has 2 N–H and O–H groups in total. The van der Waals surface area contributed by atoms with Crippen molar-refractivity contribution in [2.75, 3.05) is 11.9 Å². The number of nitrogens with one attached hydrogen (secondary N) is 2. The van der Waals surface area contributed by atoms with E-state index >= 15 is 0 Å². The molecule has 3 rings (SSSR count). The number of anilines is 1. The zero-order valence-electron chi connectivity index (χ0n) is 10.8. The van der Waals surface area contributed by atoms with Crippen LogP contribution in [-0.2, 0) is 0 Å². The molecule has 0 saturated carbocycles. The number of hydrogen-bond donors (Lipinski definition) is 2. The fourth-order valence-electron chi connectivity index (χ4n) is 2.02. The molecular weight excluding hydrogens is 240 g/mol. The zero-order valence-corrected chi connectivity index (χ0v) is 10.8. The van der Waals surface area contributed by atoms with Gasteiger partial charge in [0, 0.05) is 24.5 Å². The molecule has 0 aliphatic carbocycles. The van der Waals surface area contributed by atoms with Crippen molar-refractivity contribution in [1.29, 1.82) is 0 Å². The molecule has 3 heterocycles. The lowest BCUT2D eigenvalue weighted by molar-refractivity contribution is 0.824. The Morgan fingerprint density at radius 2 is 2.16 bits per heavy atom. The Kier molecular flexibility index (Phi) is 3.14. The van der Waals surface area contributed by atoms with E-state index in [1.54, 1.807) is 18.7 Å². The molecule has 6 heteroatoms. The summed E-state index contributed by atoms with van der Waals surface area (Å²) in [5, 5.41) is 6.50. The minimum atomic E-state index is 0.672. The van der Waals surface area contributed by atoms with E-state index in [1.165, 1.54) is 0 Å². The molecule has 0 fully saturated rings. The van der Waals surface area contributed by atoms with Crippen LogP contribution in [0.5, 0.6) is 0 Å². The fourth-order valence-corrected chi connectivity index (χ4v) is 2.02. The third-order valence-electron chi connectivity index (χ3n) is 3.00. The van der Waals surface area contributed by atoms with Crippen molar-refractivity contribution in [3.05, 3.63) is 30.9 Å². The van der Waals surface area contributed by atoms with Crippen molar-refractivity contribution >= 4 is 11.6 Å². The SMILES string of the molecule is CCCCNc1c(-c2ccncc2)nc2nc[nH]n12. The molecule has 0 saturated heterocycles. The molecule has 0 aromatic carbocycles. The third-order valence-corrected chi connectivity index (χ3v) is 3.00. The van der Waals surface area contributed by atoms with Gasteiger partial charge in [-0.15, -0.1) is 0 Å². The van der Waals surface area contributed by atoms with Gasteiger partial charge in [-0.2, -0.15) is 0 Å². The molecule has 0 radical (unpaired) electrons. The molecule has 0 atom stereocenters. The number of hydrogen-bond acceptors (Lipinski definition) is 4. The van der Waals surface area contributed by atoms with E-state index in [1.807, 2.05) is 16.6 Å². The predicted octanol–water partition coefficient (Wildman–Crippen LogP) is 2.33. The fraction of sp³-hybridized carbons (Fsp3) is 0.308. The molecular formula is C13H16N6. The van der Waals surface area contributed by atoms with Crippen LogP contribution in [-0.4, -0.2) is 31.1 Å². The highest BCUT2D eigenvalue weighted by Gasteiger charge is 2.14. The lowest BCUT2D eigenvalue weighted by Gasteiger charge is -2.06. The first kappa shape index (κ1) is 11.7. The van der Waals surface area contributed by atoms with Crippen LogP contribution in [0.4, 0.5) is 5.82 Å². The number of fused-ring (bicyclic) bond motifs is 1. The second-order valence-corrected chi connectivity index (χ2v) is 4.35. The maximum atomic E-state index is 4.55. The normalized spacial score (nSPS) is 11.0. The van der Waals surface area contributed by atoms with E-state index < -0.39 is 0 Å². The maximum absolute atomic E-state index is 4.55. The van der Waals surface area contributed by atoms with Gasteiger partial charge >= 0.3 is 0 Å². The van der Waals surface area contributed by atoms with E-state index in [2.05, 4.69) is 32.3 Å².